The van der Waals surface area contributed by atoms with Gasteiger partial charge in [-0.05, 0) is 37.0 Å². The first-order valence-corrected chi connectivity index (χ1v) is 7.73. The van der Waals surface area contributed by atoms with Gasteiger partial charge < -0.3 is 19.7 Å². The second-order valence-electron chi connectivity index (χ2n) is 6.13. The molecule has 1 aromatic carbocycles. The minimum atomic E-state index is 0.0355. The molecule has 0 bridgehead atoms. The molecule has 116 valence electrons. The number of carbonyl (C=O) groups is 1. The molecule has 0 spiro atoms. The van der Waals surface area contributed by atoms with Crippen molar-refractivity contribution in [2.45, 2.75) is 25.0 Å². The number of fused-ring (bicyclic) bond motifs is 2. The van der Waals surface area contributed by atoms with Gasteiger partial charge in [0.05, 0.1) is 36.1 Å². The van der Waals surface area contributed by atoms with Gasteiger partial charge in [0.15, 0.2) is 0 Å². The van der Waals surface area contributed by atoms with Gasteiger partial charge in [-0.25, -0.2) is 4.98 Å². The Balaban J connectivity index is 1.60. The van der Waals surface area contributed by atoms with E-state index in [1.54, 1.807) is 6.33 Å². The lowest BCUT2D eigenvalue weighted by molar-refractivity contribution is -0.0448. The number of aliphatic hydroxyl groups excluding tert-OH is 1. The standard InChI is InChI=1S/C16H19N3O3/c20-8-10-5-14-15(6-10)22-4-3-19(14)16(21)11-1-2-12-13(7-11)18-9-17-12/h1-2,7,9-10,14-15,20H,3-6,8H2,(H,17,18)/t10-,14+,15?/m1/s1. The van der Waals surface area contributed by atoms with E-state index in [1.807, 2.05) is 23.1 Å². The maximum Gasteiger partial charge on any atom is 0.254 e. The van der Waals surface area contributed by atoms with E-state index in [2.05, 4.69) is 9.97 Å². The van der Waals surface area contributed by atoms with Crippen LogP contribution in [0.2, 0.25) is 0 Å². The maximum absolute atomic E-state index is 12.9. The Bertz CT molecular complexity index is 699. The van der Waals surface area contributed by atoms with Crippen molar-refractivity contribution in [3.63, 3.8) is 0 Å². The number of rotatable bonds is 2. The van der Waals surface area contributed by atoms with Crippen LogP contribution in [0.1, 0.15) is 23.2 Å². The Hall–Kier alpha value is -1.92. The number of carbonyl (C=O) groups excluding carboxylic acids is 1. The highest BCUT2D eigenvalue weighted by molar-refractivity contribution is 5.97. The van der Waals surface area contributed by atoms with Crippen LogP contribution in [0.4, 0.5) is 0 Å². The monoisotopic (exact) mass is 301 g/mol. The largest absolute Gasteiger partial charge is 0.396 e. The Morgan fingerprint density at radius 2 is 2.36 bits per heavy atom. The molecule has 2 N–H and O–H groups in total. The summed E-state index contributed by atoms with van der Waals surface area (Å²) in [6.45, 7) is 1.34. The molecule has 22 heavy (non-hydrogen) atoms. The Morgan fingerprint density at radius 3 is 3.23 bits per heavy atom. The molecule has 1 saturated heterocycles. The zero-order chi connectivity index (χ0) is 15.1. The van der Waals surface area contributed by atoms with Gasteiger partial charge in [-0.3, -0.25) is 4.79 Å². The summed E-state index contributed by atoms with van der Waals surface area (Å²) in [6.07, 6.45) is 3.35. The van der Waals surface area contributed by atoms with Crippen LogP contribution in [0, 0.1) is 5.92 Å². The third kappa shape index (κ3) is 2.19. The summed E-state index contributed by atoms with van der Waals surface area (Å²) in [6, 6.07) is 5.63. The number of ether oxygens (including phenoxy) is 1. The lowest BCUT2D eigenvalue weighted by Gasteiger charge is -2.37. The molecule has 2 fully saturated rings. The molecule has 1 aliphatic carbocycles. The van der Waals surface area contributed by atoms with Gasteiger partial charge in [-0.1, -0.05) is 0 Å². The molecule has 6 nitrogen and oxygen atoms in total. The molecule has 0 radical (unpaired) electrons. The van der Waals surface area contributed by atoms with Crippen molar-refractivity contribution in [1.29, 1.82) is 0 Å². The number of benzene rings is 1. The predicted octanol–water partition coefficient (Wildman–Crippen LogP) is 1.17. The Labute approximate surface area is 128 Å². The van der Waals surface area contributed by atoms with Crippen LogP contribution in [-0.2, 0) is 4.74 Å². The third-order valence-electron chi connectivity index (χ3n) is 4.82. The first-order chi connectivity index (χ1) is 10.8. The van der Waals surface area contributed by atoms with Crippen LogP contribution < -0.4 is 0 Å². The molecule has 1 aliphatic heterocycles. The molecule has 1 unspecified atom stereocenters. The molecule has 1 saturated carbocycles. The summed E-state index contributed by atoms with van der Waals surface area (Å²) in [5, 5.41) is 9.38. The van der Waals surface area contributed by atoms with Crippen molar-refractivity contribution in [3.05, 3.63) is 30.1 Å². The van der Waals surface area contributed by atoms with E-state index < -0.39 is 0 Å². The number of amides is 1. The topological polar surface area (TPSA) is 78.5 Å². The number of nitrogens with zero attached hydrogens (tertiary/aromatic N) is 2. The van der Waals surface area contributed by atoms with Gasteiger partial charge in [-0.15, -0.1) is 0 Å². The smallest absolute Gasteiger partial charge is 0.254 e. The van der Waals surface area contributed by atoms with Crippen LogP contribution in [0.3, 0.4) is 0 Å². The number of hydrogen-bond acceptors (Lipinski definition) is 4. The number of H-pyrrole nitrogens is 1. The fourth-order valence-electron chi connectivity index (χ4n) is 3.69. The number of aromatic nitrogens is 2. The number of nitrogens with one attached hydrogen (secondary N) is 1. The van der Waals surface area contributed by atoms with Gasteiger partial charge in [0.1, 0.15) is 0 Å². The minimum Gasteiger partial charge on any atom is -0.396 e. The fourth-order valence-corrected chi connectivity index (χ4v) is 3.69. The molecule has 2 aliphatic rings. The second kappa shape index (κ2) is 5.37. The minimum absolute atomic E-state index is 0.0355. The van der Waals surface area contributed by atoms with Crippen molar-refractivity contribution in [3.8, 4) is 0 Å². The van der Waals surface area contributed by atoms with E-state index in [4.69, 9.17) is 4.74 Å². The fraction of sp³-hybridized carbons (Fsp3) is 0.500. The number of hydrogen-bond donors (Lipinski definition) is 2. The van der Waals surface area contributed by atoms with E-state index in [0.29, 0.717) is 18.7 Å². The molecule has 2 aromatic rings. The van der Waals surface area contributed by atoms with Crippen molar-refractivity contribution >= 4 is 16.9 Å². The average Bonchev–Trinajstić information content (AvgIpc) is 3.18. The van der Waals surface area contributed by atoms with Crippen LogP contribution in [0.15, 0.2) is 24.5 Å². The molecule has 1 aromatic heterocycles. The number of aliphatic hydroxyl groups is 1. The molecule has 2 heterocycles. The highest BCUT2D eigenvalue weighted by Gasteiger charge is 2.42. The van der Waals surface area contributed by atoms with Gasteiger partial charge in [-0.2, -0.15) is 0 Å². The zero-order valence-corrected chi connectivity index (χ0v) is 12.2. The summed E-state index contributed by atoms with van der Waals surface area (Å²) in [5.74, 6) is 0.270. The summed E-state index contributed by atoms with van der Waals surface area (Å²) in [5.41, 5.74) is 2.40. The summed E-state index contributed by atoms with van der Waals surface area (Å²) in [4.78, 5) is 22.0. The number of imidazole rings is 1. The van der Waals surface area contributed by atoms with Gasteiger partial charge in [0.25, 0.3) is 5.91 Å². The summed E-state index contributed by atoms with van der Waals surface area (Å²) in [7, 11) is 0. The lowest BCUT2D eigenvalue weighted by Crippen LogP contribution is -2.51. The van der Waals surface area contributed by atoms with Crippen LogP contribution in [0.5, 0.6) is 0 Å². The summed E-state index contributed by atoms with van der Waals surface area (Å²) >= 11 is 0. The quantitative estimate of drug-likeness (QED) is 0.873. The van der Waals surface area contributed by atoms with E-state index in [1.165, 1.54) is 0 Å². The first kappa shape index (κ1) is 13.7. The van der Waals surface area contributed by atoms with Crippen LogP contribution in [-0.4, -0.2) is 57.8 Å². The molecule has 1 amide bonds. The van der Waals surface area contributed by atoms with Gasteiger partial charge in [0, 0.05) is 18.7 Å². The van der Waals surface area contributed by atoms with Crippen LogP contribution >= 0.6 is 0 Å². The molecular formula is C16H19N3O3. The number of morpholine rings is 1. The molecule has 3 atom stereocenters. The summed E-state index contributed by atoms with van der Waals surface area (Å²) < 4.78 is 5.79. The highest BCUT2D eigenvalue weighted by Crippen LogP contribution is 2.34. The Morgan fingerprint density at radius 1 is 1.45 bits per heavy atom. The van der Waals surface area contributed by atoms with E-state index in [0.717, 1.165) is 23.9 Å². The number of aromatic amines is 1. The van der Waals surface area contributed by atoms with E-state index >= 15 is 0 Å². The van der Waals surface area contributed by atoms with Gasteiger partial charge in [0.2, 0.25) is 0 Å². The first-order valence-electron chi connectivity index (χ1n) is 7.73. The van der Waals surface area contributed by atoms with Gasteiger partial charge >= 0.3 is 0 Å². The van der Waals surface area contributed by atoms with Crippen molar-refractivity contribution in [2.75, 3.05) is 19.8 Å². The maximum atomic E-state index is 12.9. The third-order valence-corrected chi connectivity index (χ3v) is 4.82. The highest BCUT2D eigenvalue weighted by atomic mass is 16.5. The lowest BCUT2D eigenvalue weighted by atomic mass is 10.1. The molecule has 4 rings (SSSR count). The normalized spacial score (nSPS) is 28.0. The van der Waals surface area contributed by atoms with Crippen molar-refractivity contribution in [2.24, 2.45) is 5.92 Å². The molecule has 6 heteroatoms. The Kier molecular flexibility index (Phi) is 3.35. The van der Waals surface area contributed by atoms with Crippen molar-refractivity contribution in [1.82, 2.24) is 14.9 Å². The van der Waals surface area contributed by atoms with E-state index in [9.17, 15) is 9.90 Å². The van der Waals surface area contributed by atoms with E-state index in [-0.39, 0.29) is 30.6 Å². The second-order valence-corrected chi connectivity index (χ2v) is 6.13. The SMILES string of the molecule is O=C(c1ccc2nc[nH]c2c1)N1CCOC2C[C@H](CO)C[C@@H]21. The average molecular weight is 301 g/mol. The van der Waals surface area contributed by atoms with Crippen LogP contribution in [0.25, 0.3) is 11.0 Å². The van der Waals surface area contributed by atoms with Crippen molar-refractivity contribution < 1.29 is 14.6 Å². The predicted molar refractivity (Wildman–Crippen MR) is 80.5 cm³/mol. The molecular weight excluding hydrogens is 282 g/mol. The zero-order valence-electron chi connectivity index (χ0n) is 12.2.